The van der Waals surface area contributed by atoms with Gasteiger partial charge in [-0.1, -0.05) is 20.8 Å². The van der Waals surface area contributed by atoms with E-state index in [1.807, 2.05) is 6.07 Å². The van der Waals surface area contributed by atoms with Gasteiger partial charge in [0, 0.05) is 24.3 Å². The van der Waals surface area contributed by atoms with Gasteiger partial charge >= 0.3 is 0 Å². The van der Waals surface area contributed by atoms with Crippen molar-refractivity contribution in [3.05, 3.63) is 18.5 Å². The van der Waals surface area contributed by atoms with Crippen molar-refractivity contribution in [3.8, 4) is 0 Å². The number of nitrogens with one attached hydrogen (secondary N) is 1. The number of nitrogens with zero attached hydrogens (tertiary/aromatic N) is 3. The van der Waals surface area contributed by atoms with Crippen LogP contribution in [0.5, 0.6) is 0 Å². The normalized spacial score (nSPS) is 11.7. The molecular weight excluding hydrogens is 214 g/mol. The Balaban J connectivity index is 2.36. The number of hydrogen-bond donors (Lipinski definition) is 2. The van der Waals surface area contributed by atoms with Crippen molar-refractivity contribution in [1.82, 2.24) is 15.0 Å². The highest BCUT2D eigenvalue weighted by Crippen LogP contribution is 2.20. The Morgan fingerprint density at radius 3 is 2.76 bits per heavy atom. The zero-order valence-corrected chi connectivity index (χ0v) is 10.4. The molecule has 17 heavy (non-hydrogen) atoms. The number of anilines is 2. The van der Waals surface area contributed by atoms with E-state index < -0.39 is 0 Å². The lowest BCUT2D eigenvalue weighted by Crippen LogP contribution is -2.19. The molecule has 2 aromatic rings. The molecule has 5 heteroatoms. The van der Waals surface area contributed by atoms with Crippen LogP contribution >= 0.6 is 0 Å². The Bertz CT molecular complexity index is 530. The first-order valence-electron chi connectivity index (χ1n) is 5.57. The molecule has 2 heterocycles. The number of rotatable bonds is 2. The molecule has 90 valence electrons. The van der Waals surface area contributed by atoms with Gasteiger partial charge in [-0.3, -0.25) is 0 Å². The second-order valence-electron chi connectivity index (χ2n) is 5.24. The van der Waals surface area contributed by atoms with E-state index in [1.165, 1.54) is 0 Å². The van der Waals surface area contributed by atoms with Crippen molar-refractivity contribution in [2.24, 2.45) is 5.41 Å². The Labute approximate surface area is 100 Å². The summed E-state index contributed by atoms with van der Waals surface area (Å²) in [6.07, 6.45) is 3.45. The van der Waals surface area contributed by atoms with Crippen LogP contribution in [0.3, 0.4) is 0 Å². The fourth-order valence-electron chi connectivity index (χ4n) is 1.45. The fourth-order valence-corrected chi connectivity index (χ4v) is 1.45. The van der Waals surface area contributed by atoms with Crippen LogP contribution in [0, 0.1) is 5.41 Å². The van der Waals surface area contributed by atoms with Crippen molar-refractivity contribution >= 4 is 22.7 Å². The molecule has 0 aliphatic heterocycles. The topological polar surface area (TPSA) is 76.7 Å². The third-order valence-electron chi connectivity index (χ3n) is 2.30. The summed E-state index contributed by atoms with van der Waals surface area (Å²) in [7, 11) is 0. The van der Waals surface area contributed by atoms with Gasteiger partial charge in [0.25, 0.3) is 0 Å². The van der Waals surface area contributed by atoms with Crippen LogP contribution < -0.4 is 11.1 Å². The van der Waals surface area contributed by atoms with Gasteiger partial charge < -0.3 is 11.1 Å². The van der Waals surface area contributed by atoms with Gasteiger partial charge in [0.05, 0.1) is 0 Å². The first-order valence-corrected chi connectivity index (χ1v) is 5.57. The van der Waals surface area contributed by atoms with E-state index in [0.717, 1.165) is 23.3 Å². The molecule has 0 spiro atoms. The highest BCUT2D eigenvalue weighted by atomic mass is 15.0. The van der Waals surface area contributed by atoms with Gasteiger partial charge in [0.15, 0.2) is 5.82 Å². The second-order valence-corrected chi connectivity index (χ2v) is 5.24. The molecular formula is C12H17N5. The van der Waals surface area contributed by atoms with E-state index in [2.05, 4.69) is 41.0 Å². The third kappa shape index (κ3) is 2.81. The van der Waals surface area contributed by atoms with Crippen LogP contribution in [0.1, 0.15) is 20.8 Å². The largest absolute Gasteiger partial charge is 0.368 e. The molecule has 0 bridgehead atoms. The molecule has 0 aliphatic carbocycles. The smallest absolute Gasteiger partial charge is 0.220 e. The summed E-state index contributed by atoms with van der Waals surface area (Å²) in [5, 5.41) is 4.23. The number of fused-ring (bicyclic) bond motifs is 1. The maximum absolute atomic E-state index is 5.60. The molecule has 2 aromatic heterocycles. The molecule has 0 radical (unpaired) electrons. The molecule has 0 saturated carbocycles. The zero-order chi connectivity index (χ0) is 12.5. The first kappa shape index (κ1) is 11.6. The van der Waals surface area contributed by atoms with Gasteiger partial charge in [-0.25, -0.2) is 15.0 Å². The van der Waals surface area contributed by atoms with Crippen LogP contribution in [0.2, 0.25) is 0 Å². The minimum atomic E-state index is 0.183. The summed E-state index contributed by atoms with van der Waals surface area (Å²) in [6, 6.07) is 1.87. The van der Waals surface area contributed by atoms with E-state index in [1.54, 1.807) is 12.4 Å². The quantitative estimate of drug-likeness (QED) is 0.827. The van der Waals surface area contributed by atoms with Crippen LogP contribution in [0.15, 0.2) is 18.5 Å². The molecule has 2 rings (SSSR count). The number of nitrogens with two attached hydrogens (primary N) is 1. The van der Waals surface area contributed by atoms with Gasteiger partial charge in [0.1, 0.15) is 5.52 Å². The maximum Gasteiger partial charge on any atom is 0.220 e. The highest BCUT2D eigenvalue weighted by molar-refractivity contribution is 5.87. The Morgan fingerprint density at radius 1 is 1.29 bits per heavy atom. The van der Waals surface area contributed by atoms with E-state index >= 15 is 0 Å². The monoisotopic (exact) mass is 231 g/mol. The second kappa shape index (κ2) is 4.16. The summed E-state index contributed by atoms with van der Waals surface area (Å²) in [5.74, 6) is 1.02. The van der Waals surface area contributed by atoms with Gasteiger partial charge in [-0.15, -0.1) is 0 Å². The summed E-state index contributed by atoms with van der Waals surface area (Å²) >= 11 is 0. The Morgan fingerprint density at radius 2 is 2.06 bits per heavy atom. The standard InChI is InChI=1S/C12H17N5/c1-12(2,3)7-16-10-9-8(4-5-14-10)6-15-11(13)17-9/h4-6H,7H2,1-3H3,(H,14,16)(H2,13,15,17). The Kier molecular flexibility index (Phi) is 2.83. The third-order valence-corrected chi connectivity index (χ3v) is 2.30. The van der Waals surface area contributed by atoms with Crippen LogP contribution in [-0.4, -0.2) is 21.5 Å². The lowest BCUT2D eigenvalue weighted by Gasteiger charge is -2.19. The number of pyridine rings is 1. The van der Waals surface area contributed by atoms with Gasteiger partial charge in [-0.2, -0.15) is 0 Å². The number of nitrogen functional groups attached to an aromatic ring is 1. The van der Waals surface area contributed by atoms with Crippen molar-refractivity contribution in [1.29, 1.82) is 0 Å². The molecule has 0 unspecified atom stereocenters. The van der Waals surface area contributed by atoms with E-state index in [4.69, 9.17) is 5.73 Å². The number of hydrogen-bond acceptors (Lipinski definition) is 5. The van der Waals surface area contributed by atoms with Crippen molar-refractivity contribution in [2.75, 3.05) is 17.6 Å². The minimum Gasteiger partial charge on any atom is -0.368 e. The zero-order valence-electron chi connectivity index (χ0n) is 10.4. The first-order chi connectivity index (χ1) is 7.96. The van der Waals surface area contributed by atoms with Crippen molar-refractivity contribution in [3.63, 3.8) is 0 Å². The van der Waals surface area contributed by atoms with Crippen molar-refractivity contribution < 1.29 is 0 Å². The molecule has 5 nitrogen and oxygen atoms in total. The summed E-state index contributed by atoms with van der Waals surface area (Å²) in [5.41, 5.74) is 6.55. The van der Waals surface area contributed by atoms with Crippen LogP contribution in [0.25, 0.3) is 10.9 Å². The lowest BCUT2D eigenvalue weighted by atomic mass is 9.97. The predicted molar refractivity (Wildman–Crippen MR) is 69.7 cm³/mol. The lowest BCUT2D eigenvalue weighted by molar-refractivity contribution is 0.442. The van der Waals surface area contributed by atoms with Gasteiger partial charge in [0.2, 0.25) is 5.95 Å². The molecule has 0 amide bonds. The molecule has 0 saturated heterocycles. The predicted octanol–water partition coefficient (Wildman–Crippen LogP) is 2.06. The fraction of sp³-hybridized carbons (Fsp3) is 0.417. The van der Waals surface area contributed by atoms with Gasteiger partial charge in [-0.05, 0) is 11.5 Å². The average molecular weight is 231 g/mol. The van der Waals surface area contributed by atoms with E-state index in [9.17, 15) is 0 Å². The average Bonchev–Trinajstić information content (AvgIpc) is 2.25. The molecule has 3 N–H and O–H groups in total. The molecule has 0 fully saturated rings. The summed E-state index contributed by atoms with van der Waals surface area (Å²) in [6.45, 7) is 7.31. The SMILES string of the molecule is CC(C)(C)CNc1nccc2cnc(N)nc12. The maximum atomic E-state index is 5.60. The molecule has 0 aromatic carbocycles. The summed E-state index contributed by atoms with van der Waals surface area (Å²) in [4.78, 5) is 12.5. The number of aromatic nitrogens is 3. The van der Waals surface area contributed by atoms with E-state index in [-0.39, 0.29) is 11.4 Å². The van der Waals surface area contributed by atoms with Crippen LogP contribution in [-0.2, 0) is 0 Å². The Hall–Kier alpha value is -1.91. The summed E-state index contributed by atoms with van der Waals surface area (Å²) < 4.78 is 0. The van der Waals surface area contributed by atoms with E-state index in [0.29, 0.717) is 0 Å². The van der Waals surface area contributed by atoms with Crippen LogP contribution in [0.4, 0.5) is 11.8 Å². The highest BCUT2D eigenvalue weighted by Gasteiger charge is 2.11. The minimum absolute atomic E-state index is 0.183. The molecule has 0 atom stereocenters. The van der Waals surface area contributed by atoms with Crippen molar-refractivity contribution in [2.45, 2.75) is 20.8 Å². The molecule has 0 aliphatic rings.